The van der Waals surface area contributed by atoms with Gasteiger partial charge in [0.1, 0.15) is 0 Å². The zero-order valence-electron chi connectivity index (χ0n) is 18.0. The molecule has 1 N–H and O–H groups in total. The molecular formula is C25H38N2O2. The predicted octanol–water partition coefficient (Wildman–Crippen LogP) is 4.02. The van der Waals surface area contributed by atoms with Crippen molar-refractivity contribution in [3.05, 3.63) is 35.9 Å². The lowest BCUT2D eigenvalue weighted by Gasteiger charge is -2.49. The number of rotatable bonds is 6. The van der Waals surface area contributed by atoms with E-state index in [9.17, 15) is 9.90 Å². The average molecular weight is 399 g/mol. The van der Waals surface area contributed by atoms with Crippen LogP contribution in [0.25, 0.3) is 0 Å². The molecule has 2 aliphatic heterocycles. The lowest BCUT2D eigenvalue weighted by molar-refractivity contribution is -0.135. The smallest absolute Gasteiger partial charge is 0.222 e. The molecule has 0 aromatic heterocycles. The molecule has 2 heterocycles. The molecule has 29 heavy (non-hydrogen) atoms. The van der Waals surface area contributed by atoms with Crippen molar-refractivity contribution in [1.82, 2.24) is 9.80 Å². The van der Waals surface area contributed by atoms with Crippen molar-refractivity contribution in [2.45, 2.75) is 76.2 Å². The van der Waals surface area contributed by atoms with E-state index in [-0.39, 0.29) is 0 Å². The molecule has 1 aliphatic carbocycles. The molecule has 4 heteroatoms. The van der Waals surface area contributed by atoms with Crippen LogP contribution in [0.3, 0.4) is 0 Å². The van der Waals surface area contributed by atoms with E-state index in [4.69, 9.17) is 0 Å². The van der Waals surface area contributed by atoms with Crippen LogP contribution in [-0.4, -0.2) is 59.1 Å². The van der Waals surface area contributed by atoms with Gasteiger partial charge < -0.3 is 14.9 Å². The molecule has 160 valence electrons. The summed E-state index contributed by atoms with van der Waals surface area (Å²) >= 11 is 0. The van der Waals surface area contributed by atoms with Crippen LogP contribution in [0.1, 0.15) is 69.8 Å². The van der Waals surface area contributed by atoms with Crippen LogP contribution in [0.15, 0.2) is 30.3 Å². The van der Waals surface area contributed by atoms with Crippen LogP contribution in [0.2, 0.25) is 0 Å². The Morgan fingerprint density at radius 2 is 1.55 bits per heavy atom. The number of aliphatic hydroxyl groups is 1. The molecule has 2 saturated heterocycles. The minimum Gasteiger partial charge on any atom is -0.389 e. The maximum Gasteiger partial charge on any atom is 0.222 e. The summed E-state index contributed by atoms with van der Waals surface area (Å²) in [7, 11) is 0. The minimum atomic E-state index is -0.472. The Labute approximate surface area is 176 Å². The summed E-state index contributed by atoms with van der Waals surface area (Å²) in [5.74, 6) is 0.331. The molecule has 4 nitrogen and oxygen atoms in total. The second kappa shape index (κ2) is 9.18. The third-order valence-corrected chi connectivity index (χ3v) is 7.83. The molecule has 3 aliphatic rings. The number of benzene rings is 1. The van der Waals surface area contributed by atoms with Crippen LogP contribution >= 0.6 is 0 Å². The van der Waals surface area contributed by atoms with Crippen molar-refractivity contribution in [2.75, 3.05) is 32.7 Å². The summed E-state index contributed by atoms with van der Waals surface area (Å²) < 4.78 is 0. The van der Waals surface area contributed by atoms with Gasteiger partial charge in [-0.2, -0.15) is 0 Å². The predicted molar refractivity (Wildman–Crippen MR) is 117 cm³/mol. The second-order valence-corrected chi connectivity index (χ2v) is 9.93. The first-order valence-corrected chi connectivity index (χ1v) is 11.8. The molecule has 0 bridgehead atoms. The lowest BCUT2D eigenvalue weighted by atomic mass is 9.64. The van der Waals surface area contributed by atoms with Crippen molar-refractivity contribution in [1.29, 1.82) is 0 Å². The Morgan fingerprint density at radius 1 is 0.897 bits per heavy atom. The van der Waals surface area contributed by atoms with E-state index in [1.165, 1.54) is 18.4 Å². The Kier molecular flexibility index (Phi) is 6.60. The number of hydrogen-bond donors (Lipinski definition) is 1. The summed E-state index contributed by atoms with van der Waals surface area (Å²) in [6.45, 7) is 5.02. The highest BCUT2D eigenvalue weighted by Gasteiger charge is 2.44. The highest BCUT2D eigenvalue weighted by Crippen LogP contribution is 2.48. The SMILES string of the molecule is O=C(CCCc1ccccc1)N1CCC2(CC1)CCC(O)(CN1CCCC1)CC2. The average Bonchev–Trinajstić information content (AvgIpc) is 3.25. The standard InChI is InChI=1S/C25H38N2O2/c28-23(10-6-9-22-7-2-1-3-8-22)27-19-15-24(16-20-27)11-13-25(29,14-12-24)21-26-17-4-5-18-26/h1-3,7-8,29H,4-6,9-21H2. The van der Waals surface area contributed by atoms with E-state index in [0.29, 0.717) is 17.7 Å². The lowest BCUT2D eigenvalue weighted by Crippen LogP contribution is -2.50. The highest BCUT2D eigenvalue weighted by molar-refractivity contribution is 5.76. The Hall–Kier alpha value is -1.39. The summed E-state index contributed by atoms with van der Waals surface area (Å²) in [6, 6.07) is 10.5. The van der Waals surface area contributed by atoms with Gasteiger partial charge in [-0.25, -0.2) is 0 Å². The van der Waals surface area contributed by atoms with Gasteiger partial charge in [-0.15, -0.1) is 0 Å². The number of piperidine rings is 1. The second-order valence-electron chi connectivity index (χ2n) is 9.93. The molecule has 1 aromatic carbocycles. The Morgan fingerprint density at radius 3 is 2.21 bits per heavy atom. The third-order valence-electron chi connectivity index (χ3n) is 7.83. The van der Waals surface area contributed by atoms with Gasteiger partial charge in [0.2, 0.25) is 5.91 Å². The minimum absolute atomic E-state index is 0.331. The summed E-state index contributed by atoms with van der Waals surface area (Å²) in [5, 5.41) is 11.1. The van der Waals surface area contributed by atoms with Crippen LogP contribution in [-0.2, 0) is 11.2 Å². The summed E-state index contributed by atoms with van der Waals surface area (Å²) in [4.78, 5) is 17.2. The Balaban J connectivity index is 1.18. The van der Waals surface area contributed by atoms with Gasteiger partial charge >= 0.3 is 0 Å². The van der Waals surface area contributed by atoms with Crippen molar-refractivity contribution < 1.29 is 9.90 Å². The van der Waals surface area contributed by atoms with Crippen molar-refractivity contribution in [3.8, 4) is 0 Å². The molecule has 1 spiro atoms. The number of β-amino-alcohol motifs (C(OH)–C–C–N with tert-alkyl or cyclic N) is 1. The molecule has 4 rings (SSSR count). The molecular weight excluding hydrogens is 360 g/mol. The van der Waals surface area contributed by atoms with Crippen LogP contribution in [0, 0.1) is 5.41 Å². The highest BCUT2D eigenvalue weighted by atomic mass is 16.3. The van der Waals surface area contributed by atoms with E-state index >= 15 is 0 Å². The zero-order valence-corrected chi connectivity index (χ0v) is 18.0. The Bertz CT molecular complexity index is 651. The van der Waals surface area contributed by atoms with Crippen molar-refractivity contribution >= 4 is 5.91 Å². The first-order valence-electron chi connectivity index (χ1n) is 11.8. The van der Waals surface area contributed by atoms with E-state index in [0.717, 1.165) is 84.1 Å². The molecule has 0 unspecified atom stereocenters. The first kappa shape index (κ1) is 20.9. The molecule has 0 radical (unpaired) electrons. The number of amides is 1. The number of aryl methyl sites for hydroxylation is 1. The topological polar surface area (TPSA) is 43.8 Å². The number of carbonyl (C=O) groups is 1. The first-order chi connectivity index (χ1) is 14.1. The van der Waals surface area contributed by atoms with Gasteiger partial charge in [-0.3, -0.25) is 4.79 Å². The fourth-order valence-corrected chi connectivity index (χ4v) is 5.74. The van der Waals surface area contributed by atoms with E-state index in [1.807, 2.05) is 6.07 Å². The summed E-state index contributed by atoms with van der Waals surface area (Å²) in [6.07, 6.45) is 11.5. The van der Waals surface area contributed by atoms with Crippen LogP contribution in [0.4, 0.5) is 0 Å². The zero-order chi connectivity index (χ0) is 20.2. The van der Waals surface area contributed by atoms with E-state index in [2.05, 4.69) is 34.1 Å². The summed E-state index contributed by atoms with van der Waals surface area (Å²) in [5.41, 5.74) is 1.22. The molecule has 1 amide bonds. The monoisotopic (exact) mass is 398 g/mol. The number of hydrogen-bond acceptors (Lipinski definition) is 3. The normalized spacial score (nSPS) is 24.1. The largest absolute Gasteiger partial charge is 0.389 e. The van der Waals surface area contributed by atoms with E-state index < -0.39 is 5.60 Å². The fraction of sp³-hybridized carbons (Fsp3) is 0.720. The van der Waals surface area contributed by atoms with Gasteiger partial charge in [0, 0.05) is 26.1 Å². The third kappa shape index (κ3) is 5.40. The number of nitrogens with zero attached hydrogens (tertiary/aromatic N) is 2. The molecule has 1 saturated carbocycles. The van der Waals surface area contributed by atoms with Crippen molar-refractivity contribution in [2.24, 2.45) is 5.41 Å². The maximum atomic E-state index is 12.6. The van der Waals surface area contributed by atoms with Gasteiger partial charge in [0.15, 0.2) is 0 Å². The van der Waals surface area contributed by atoms with E-state index in [1.54, 1.807) is 0 Å². The maximum absolute atomic E-state index is 12.6. The van der Waals surface area contributed by atoms with Crippen molar-refractivity contribution in [3.63, 3.8) is 0 Å². The van der Waals surface area contributed by atoms with Crippen LogP contribution < -0.4 is 0 Å². The van der Waals surface area contributed by atoms with Gasteiger partial charge in [-0.1, -0.05) is 30.3 Å². The van der Waals surface area contributed by atoms with Crippen LogP contribution in [0.5, 0.6) is 0 Å². The number of likely N-dealkylation sites (tertiary alicyclic amines) is 2. The van der Waals surface area contributed by atoms with Gasteiger partial charge in [-0.05, 0) is 88.3 Å². The fourth-order valence-electron chi connectivity index (χ4n) is 5.74. The molecule has 0 atom stereocenters. The molecule has 3 fully saturated rings. The quantitative estimate of drug-likeness (QED) is 0.787. The van der Waals surface area contributed by atoms with Gasteiger partial charge in [0.05, 0.1) is 5.60 Å². The van der Waals surface area contributed by atoms with Gasteiger partial charge in [0.25, 0.3) is 0 Å². The number of carbonyl (C=O) groups excluding carboxylic acids is 1. The molecule has 1 aromatic rings.